The van der Waals surface area contributed by atoms with Crippen molar-refractivity contribution >= 4 is 34.4 Å². The Bertz CT molecular complexity index is 564. The van der Waals surface area contributed by atoms with Crippen LogP contribution in [-0.4, -0.2) is 38.2 Å². The van der Waals surface area contributed by atoms with Crippen molar-refractivity contribution in [1.29, 1.82) is 0 Å². The predicted molar refractivity (Wildman–Crippen MR) is 93.2 cm³/mol. The first-order valence-electron chi connectivity index (χ1n) is 7.27. The van der Waals surface area contributed by atoms with Gasteiger partial charge in [0.15, 0.2) is 5.69 Å². The first kappa shape index (κ1) is 20.1. The monoisotopic (exact) mass is 360 g/mol. The van der Waals surface area contributed by atoms with E-state index >= 15 is 0 Å². The minimum Gasteiger partial charge on any atom is -0.591 e. The molecule has 0 aliphatic rings. The van der Waals surface area contributed by atoms with Crippen molar-refractivity contribution in [1.82, 2.24) is 4.98 Å². The zero-order valence-electron chi connectivity index (χ0n) is 14.3. The van der Waals surface area contributed by atoms with Crippen LogP contribution in [0.2, 0.25) is 0 Å². The number of rotatable bonds is 6. The predicted octanol–water partition coefficient (Wildman–Crippen LogP) is 2.91. The number of hydrogen-bond acceptors (Lipinski definition) is 7. The first-order chi connectivity index (χ1) is 10.6. The number of carbonyl (C=O) groups is 1. The third-order valence-electron chi connectivity index (χ3n) is 2.99. The topological polar surface area (TPSA) is 94.8 Å². The lowest BCUT2D eigenvalue weighted by molar-refractivity contribution is 0.0594. The number of aliphatic hydroxyl groups excluding tert-OH is 1. The number of thiazole rings is 1. The summed E-state index contributed by atoms with van der Waals surface area (Å²) in [6, 6.07) is 0. The van der Waals surface area contributed by atoms with Gasteiger partial charge in [-0.2, -0.15) is 0 Å². The lowest BCUT2D eigenvalue weighted by Gasteiger charge is -2.21. The molecular weight excluding hydrogens is 336 g/mol. The average Bonchev–Trinajstić information content (AvgIpc) is 2.94. The molecule has 0 aliphatic heterocycles. The summed E-state index contributed by atoms with van der Waals surface area (Å²) in [7, 11) is 1.28. The van der Waals surface area contributed by atoms with E-state index in [0.717, 1.165) is 0 Å². The maximum absolute atomic E-state index is 12.2. The van der Waals surface area contributed by atoms with E-state index in [-0.39, 0.29) is 18.0 Å². The van der Waals surface area contributed by atoms with Crippen molar-refractivity contribution in [3.63, 3.8) is 0 Å². The number of aromatic nitrogens is 1. The standard InChI is InChI=1S/C15H24N2O4S2/c1-9(2)10(17-23(20)15(3,4)5)7-12(18)13-16-11(8-22-13)14(19)21-6/h8-9,12,18H,7H2,1-6H3/t12?,23-/m0/s1. The lowest BCUT2D eigenvalue weighted by Crippen LogP contribution is -2.28. The number of hydrogen-bond donors (Lipinski definition) is 1. The van der Waals surface area contributed by atoms with E-state index in [0.29, 0.717) is 10.7 Å². The molecule has 0 aromatic carbocycles. The van der Waals surface area contributed by atoms with E-state index in [2.05, 4.69) is 14.1 Å². The molecule has 1 aromatic rings. The second kappa shape index (κ2) is 8.23. The van der Waals surface area contributed by atoms with Gasteiger partial charge >= 0.3 is 5.97 Å². The molecule has 0 spiro atoms. The van der Waals surface area contributed by atoms with Crippen molar-refractivity contribution < 1.29 is 19.2 Å². The largest absolute Gasteiger partial charge is 0.591 e. The van der Waals surface area contributed by atoms with Crippen molar-refractivity contribution in [3.8, 4) is 0 Å². The molecule has 1 aromatic heterocycles. The number of nitrogens with zero attached hydrogens (tertiary/aromatic N) is 2. The van der Waals surface area contributed by atoms with Crippen LogP contribution >= 0.6 is 11.3 Å². The maximum atomic E-state index is 12.2. The fourth-order valence-corrected chi connectivity index (χ4v) is 3.09. The van der Waals surface area contributed by atoms with E-state index in [1.165, 1.54) is 18.4 Å². The Labute approximate surface area is 144 Å². The fraction of sp³-hybridized carbons (Fsp3) is 0.667. The van der Waals surface area contributed by atoms with Gasteiger partial charge in [0.1, 0.15) is 27.2 Å². The SMILES string of the molecule is COC(=O)c1csc(C(O)CC(=N[S@@+]([O-])C(C)(C)C)C(C)C)n1. The highest BCUT2D eigenvalue weighted by molar-refractivity contribution is 7.91. The summed E-state index contributed by atoms with van der Waals surface area (Å²) in [4.78, 5) is 15.5. The molecule has 0 aliphatic carbocycles. The van der Waals surface area contributed by atoms with Gasteiger partial charge in [-0.1, -0.05) is 18.2 Å². The number of aliphatic hydroxyl groups is 1. The lowest BCUT2D eigenvalue weighted by atomic mass is 10.0. The van der Waals surface area contributed by atoms with Gasteiger partial charge in [0.25, 0.3) is 0 Å². The van der Waals surface area contributed by atoms with E-state index in [1.807, 2.05) is 34.6 Å². The summed E-state index contributed by atoms with van der Waals surface area (Å²) < 4.78 is 20.6. The Morgan fingerprint density at radius 2 is 2.13 bits per heavy atom. The van der Waals surface area contributed by atoms with Crippen molar-refractivity contribution in [2.24, 2.45) is 10.3 Å². The van der Waals surface area contributed by atoms with Crippen molar-refractivity contribution in [3.05, 3.63) is 16.1 Å². The summed E-state index contributed by atoms with van der Waals surface area (Å²) in [6.45, 7) is 9.43. The minimum atomic E-state index is -1.38. The molecule has 1 rings (SSSR count). The van der Waals surface area contributed by atoms with Crippen LogP contribution < -0.4 is 0 Å². The second-order valence-electron chi connectivity index (χ2n) is 6.38. The van der Waals surface area contributed by atoms with Crippen LogP contribution in [-0.2, 0) is 16.1 Å². The molecule has 23 heavy (non-hydrogen) atoms. The molecule has 0 saturated heterocycles. The van der Waals surface area contributed by atoms with Crippen LogP contribution in [0.3, 0.4) is 0 Å². The summed E-state index contributed by atoms with van der Waals surface area (Å²) >= 11 is -0.192. The molecule has 2 atom stereocenters. The quantitative estimate of drug-likeness (QED) is 0.478. The molecule has 0 radical (unpaired) electrons. The van der Waals surface area contributed by atoms with E-state index in [1.54, 1.807) is 5.38 Å². The Morgan fingerprint density at radius 3 is 2.61 bits per heavy atom. The number of carbonyl (C=O) groups excluding carboxylic acids is 1. The Morgan fingerprint density at radius 1 is 1.52 bits per heavy atom. The zero-order chi connectivity index (χ0) is 17.8. The van der Waals surface area contributed by atoms with Gasteiger partial charge in [-0.3, -0.25) is 0 Å². The van der Waals surface area contributed by atoms with E-state index < -0.39 is 28.2 Å². The Kier molecular flexibility index (Phi) is 7.19. The van der Waals surface area contributed by atoms with Crippen LogP contribution in [0.15, 0.2) is 9.78 Å². The van der Waals surface area contributed by atoms with Crippen LogP contribution in [0.1, 0.15) is 62.6 Å². The number of methoxy groups -OCH3 is 1. The van der Waals surface area contributed by atoms with Crippen LogP contribution in [0.25, 0.3) is 0 Å². The molecule has 0 amide bonds. The molecule has 1 heterocycles. The molecule has 130 valence electrons. The fourth-order valence-electron chi connectivity index (χ4n) is 1.55. The Balaban J connectivity index is 2.90. The van der Waals surface area contributed by atoms with Crippen molar-refractivity contribution in [2.75, 3.05) is 7.11 Å². The van der Waals surface area contributed by atoms with Crippen molar-refractivity contribution in [2.45, 2.75) is 51.9 Å². The molecule has 1 N–H and O–H groups in total. The highest BCUT2D eigenvalue weighted by atomic mass is 32.2. The van der Waals surface area contributed by atoms with Crippen LogP contribution in [0.4, 0.5) is 0 Å². The normalized spacial score (nSPS) is 15.6. The van der Waals surface area contributed by atoms with Crippen LogP contribution in [0, 0.1) is 5.92 Å². The molecule has 8 heteroatoms. The molecule has 0 bridgehead atoms. The zero-order valence-corrected chi connectivity index (χ0v) is 16.0. The molecule has 0 fully saturated rings. The third kappa shape index (κ3) is 5.87. The van der Waals surface area contributed by atoms with Gasteiger partial charge in [-0.25, -0.2) is 9.78 Å². The van der Waals surface area contributed by atoms with Gasteiger partial charge in [-0.15, -0.1) is 11.3 Å². The molecule has 6 nitrogen and oxygen atoms in total. The van der Waals surface area contributed by atoms with Gasteiger partial charge < -0.3 is 14.4 Å². The summed E-state index contributed by atoms with van der Waals surface area (Å²) in [5.74, 6) is -0.484. The second-order valence-corrected chi connectivity index (χ2v) is 9.18. The van der Waals surface area contributed by atoms with Gasteiger partial charge in [0.05, 0.1) is 12.8 Å². The molecule has 0 saturated carbocycles. The van der Waals surface area contributed by atoms with Gasteiger partial charge in [0, 0.05) is 11.8 Å². The smallest absolute Gasteiger partial charge is 0.357 e. The minimum absolute atomic E-state index is 0.0518. The molecular formula is C15H24N2O4S2. The van der Waals surface area contributed by atoms with E-state index in [4.69, 9.17) is 0 Å². The average molecular weight is 361 g/mol. The first-order valence-corrected chi connectivity index (χ1v) is 9.26. The van der Waals surface area contributed by atoms with E-state index in [9.17, 15) is 14.5 Å². The van der Waals surface area contributed by atoms with Gasteiger partial charge in [-0.05, 0) is 26.7 Å². The third-order valence-corrected chi connectivity index (χ3v) is 5.39. The summed E-state index contributed by atoms with van der Waals surface area (Å²) in [5, 5.41) is 12.3. The highest BCUT2D eigenvalue weighted by Crippen LogP contribution is 2.25. The highest BCUT2D eigenvalue weighted by Gasteiger charge is 2.29. The van der Waals surface area contributed by atoms with Gasteiger partial charge in [0.2, 0.25) is 0 Å². The van der Waals surface area contributed by atoms with Crippen LogP contribution in [0.5, 0.6) is 0 Å². The number of esters is 1. The summed E-state index contributed by atoms with van der Waals surface area (Å²) in [6.07, 6.45) is -0.662. The molecule has 1 unspecified atom stereocenters. The number of ether oxygens (including phenoxy) is 1. The summed E-state index contributed by atoms with van der Waals surface area (Å²) in [5.41, 5.74) is 0.841. The Hall–Kier alpha value is -0.960. The maximum Gasteiger partial charge on any atom is 0.357 e.